The summed E-state index contributed by atoms with van der Waals surface area (Å²) < 4.78 is 27.2. The van der Waals surface area contributed by atoms with Crippen molar-refractivity contribution >= 4 is 27.3 Å². The molecular weight excluding hydrogens is 368 g/mol. The molecule has 0 aliphatic carbocycles. The van der Waals surface area contributed by atoms with Crippen molar-refractivity contribution in [2.75, 3.05) is 13.1 Å². The summed E-state index contributed by atoms with van der Waals surface area (Å²) in [6, 6.07) is 11.2. The molecule has 0 saturated carbocycles. The average Bonchev–Trinajstić information content (AvgIpc) is 3.17. The minimum Gasteiger partial charge on any atom is -0.349 e. The molecule has 1 N–H and O–H groups in total. The zero-order chi connectivity index (χ0) is 18.7. The number of thiophene rings is 1. The molecule has 0 radical (unpaired) electrons. The number of nitrogens with one attached hydrogen (secondary N) is 1. The Morgan fingerprint density at radius 1 is 1.27 bits per heavy atom. The number of hydrogen-bond acceptors (Lipinski definition) is 4. The molecule has 3 rings (SSSR count). The number of piperidine rings is 1. The van der Waals surface area contributed by atoms with Crippen molar-refractivity contribution in [1.82, 2.24) is 9.62 Å². The van der Waals surface area contributed by atoms with Crippen molar-refractivity contribution < 1.29 is 13.2 Å². The molecule has 1 fully saturated rings. The fourth-order valence-electron chi connectivity index (χ4n) is 3.39. The van der Waals surface area contributed by atoms with Crippen LogP contribution >= 0.6 is 11.3 Å². The van der Waals surface area contributed by atoms with E-state index in [1.807, 2.05) is 38.1 Å². The third-order valence-corrected chi connectivity index (χ3v) is 8.10. The molecule has 1 amide bonds. The van der Waals surface area contributed by atoms with Gasteiger partial charge >= 0.3 is 0 Å². The average molecular weight is 393 g/mol. The van der Waals surface area contributed by atoms with Gasteiger partial charge in [0.15, 0.2) is 0 Å². The standard InChI is InChI=1S/C19H24N2O3S2/c1-14-7-3-4-9-17(14)15(2)20-19(22)16-8-5-11-21(13-16)26(23,24)18-10-6-12-25-18/h3-4,6-7,9-10,12,15-16H,5,8,11,13H2,1-2H3,(H,20,22). The van der Waals surface area contributed by atoms with E-state index in [1.54, 1.807) is 17.5 Å². The number of hydrogen-bond donors (Lipinski definition) is 1. The smallest absolute Gasteiger partial charge is 0.252 e. The molecule has 1 saturated heterocycles. The predicted molar refractivity (Wildman–Crippen MR) is 104 cm³/mol. The second kappa shape index (κ2) is 7.90. The molecule has 1 aromatic carbocycles. The van der Waals surface area contributed by atoms with Gasteiger partial charge in [0.1, 0.15) is 4.21 Å². The van der Waals surface area contributed by atoms with Crippen LogP contribution < -0.4 is 5.32 Å². The first-order valence-electron chi connectivity index (χ1n) is 8.79. The van der Waals surface area contributed by atoms with Gasteiger partial charge in [0.25, 0.3) is 10.0 Å². The highest BCUT2D eigenvalue weighted by atomic mass is 32.2. The lowest BCUT2D eigenvalue weighted by molar-refractivity contribution is -0.126. The number of aryl methyl sites for hydroxylation is 1. The third-order valence-electron chi connectivity index (χ3n) is 4.86. The van der Waals surface area contributed by atoms with E-state index < -0.39 is 10.0 Å². The largest absolute Gasteiger partial charge is 0.349 e. The van der Waals surface area contributed by atoms with E-state index in [1.165, 1.54) is 15.6 Å². The molecule has 26 heavy (non-hydrogen) atoms. The first-order chi connectivity index (χ1) is 12.4. The molecule has 2 aromatic rings. The van der Waals surface area contributed by atoms with Gasteiger partial charge in [0, 0.05) is 13.1 Å². The highest BCUT2D eigenvalue weighted by Crippen LogP contribution is 2.27. The van der Waals surface area contributed by atoms with E-state index in [9.17, 15) is 13.2 Å². The topological polar surface area (TPSA) is 66.5 Å². The number of sulfonamides is 1. The van der Waals surface area contributed by atoms with Crippen LogP contribution in [0.1, 0.15) is 36.9 Å². The van der Waals surface area contributed by atoms with Gasteiger partial charge in [-0.1, -0.05) is 30.3 Å². The maximum Gasteiger partial charge on any atom is 0.252 e. The van der Waals surface area contributed by atoms with Gasteiger partial charge in [-0.3, -0.25) is 4.79 Å². The van der Waals surface area contributed by atoms with E-state index in [0.717, 1.165) is 11.1 Å². The lowest BCUT2D eigenvalue weighted by Gasteiger charge is -2.31. The maximum absolute atomic E-state index is 12.7. The van der Waals surface area contributed by atoms with Crippen molar-refractivity contribution in [3.8, 4) is 0 Å². The van der Waals surface area contributed by atoms with Crippen LogP contribution in [-0.2, 0) is 14.8 Å². The molecule has 7 heteroatoms. The van der Waals surface area contributed by atoms with Gasteiger partial charge in [-0.05, 0) is 49.3 Å². The number of amides is 1. The zero-order valence-electron chi connectivity index (χ0n) is 15.0. The SMILES string of the molecule is Cc1ccccc1C(C)NC(=O)C1CCCN(S(=O)(=O)c2cccs2)C1. The van der Waals surface area contributed by atoms with Crippen LogP contribution in [0.5, 0.6) is 0 Å². The van der Waals surface area contributed by atoms with E-state index in [2.05, 4.69) is 5.32 Å². The van der Waals surface area contributed by atoms with Gasteiger partial charge in [-0.15, -0.1) is 11.3 Å². The Kier molecular flexibility index (Phi) is 5.79. The van der Waals surface area contributed by atoms with Crippen molar-refractivity contribution in [2.24, 2.45) is 5.92 Å². The Hall–Kier alpha value is -1.70. The van der Waals surface area contributed by atoms with E-state index in [4.69, 9.17) is 0 Å². The second-order valence-electron chi connectivity index (χ2n) is 6.72. The molecular formula is C19H24N2O3S2. The van der Waals surface area contributed by atoms with Crippen LogP contribution in [0.4, 0.5) is 0 Å². The summed E-state index contributed by atoms with van der Waals surface area (Å²) in [5, 5.41) is 4.81. The van der Waals surface area contributed by atoms with Gasteiger partial charge in [0.05, 0.1) is 12.0 Å². The van der Waals surface area contributed by atoms with Crippen molar-refractivity contribution in [2.45, 2.75) is 36.9 Å². The summed E-state index contributed by atoms with van der Waals surface area (Å²) in [6.07, 6.45) is 1.41. The quantitative estimate of drug-likeness (QED) is 0.849. The molecule has 2 atom stereocenters. The summed E-state index contributed by atoms with van der Waals surface area (Å²) in [4.78, 5) is 12.7. The molecule has 2 heterocycles. The third kappa shape index (κ3) is 4.00. The van der Waals surface area contributed by atoms with Crippen LogP contribution in [0.3, 0.4) is 0 Å². The number of benzene rings is 1. The maximum atomic E-state index is 12.7. The van der Waals surface area contributed by atoms with Gasteiger partial charge in [-0.25, -0.2) is 8.42 Å². The summed E-state index contributed by atoms with van der Waals surface area (Å²) >= 11 is 1.21. The molecule has 140 valence electrons. The summed E-state index contributed by atoms with van der Waals surface area (Å²) in [5.41, 5.74) is 2.21. The first-order valence-corrected chi connectivity index (χ1v) is 11.1. The number of rotatable bonds is 5. The molecule has 0 bridgehead atoms. The molecule has 1 aromatic heterocycles. The molecule has 1 aliphatic rings. The number of carbonyl (C=O) groups excluding carboxylic acids is 1. The summed E-state index contributed by atoms with van der Waals surface area (Å²) in [7, 11) is -3.50. The Labute approximate surface area is 159 Å². The van der Waals surface area contributed by atoms with E-state index in [0.29, 0.717) is 23.6 Å². The van der Waals surface area contributed by atoms with Gasteiger partial charge < -0.3 is 5.32 Å². The minimum atomic E-state index is -3.50. The Balaban J connectivity index is 1.68. The van der Waals surface area contributed by atoms with Crippen molar-refractivity contribution in [1.29, 1.82) is 0 Å². The monoisotopic (exact) mass is 392 g/mol. The molecule has 5 nitrogen and oxygen atoms in total. The van der Waals surface area contributed by atoms with Crippen molar-refractivity contribution in [3.63, 3.8) is 0 Å². The lowest BCUT2D eigenvalue weighted by atomic mass is 9.97. The number of carbonyl (C=O) groups is 1. The molecule has 1 aliphatic heterocycles. The van der Waals surface area contributed by atoms with Crippen LogP contribution in [0, 0.1) is 12.8 Å². The number of nitrogens with zero attached hydrogens (tertiary/aromatic N) is 1. The highest BCUT2D eigenvalue weighted by Gasteiger charge is 2.34. The van der Waals surface area contributed by atoms with Gasteiger partial charge in [-0.2, -0.15) is 4.31 Å². The summed E-state index contributed by atoms with van der Waals surface area (Å²) in [6.45, 7) is 4.70. The molecule has 0 spiro atoms. The lowest BCUT2D eigenvalue weighted by Crippen LogP contribution is -2.45. The molecule has 2 unspecified atom stereocenters. The van der Waals surface area contributed by atoms with Crippen molar-refractivity contribution in [3.05, 3.63) is 52.9 Å². The van der Waals surface area contributed by atoms with Gasteiger partial charge in [0.2, 0.25) is 5.91 Å². The Morgan fingerprint density at radius 2 is 2.04 bits per heavy atom. The van der Waals surface area contributed by atoms with Crippen LogP contribution in [0.25, 0.3) is 0 Å². The zero-order valence-corrected chi connectivity index (χ0v) is 16.6. The normalized spacial score (nSPS) is 19.8. The van der Waals surface area contributed by atoms with Crippen LogP contribution in [0.15, 0.2) is 46.0 Å². The highest BCUT2D eigenvalue weighted by molar-refractivity contribution is 7.91. The second-order valence-corrected chi connectivity index (χ2v) is 9.83. The fraction of sp³-hybridized carbons (Fsp3) is 0.421. The first kappa shape index (κ1) is 19.1. The fourth-order valence-corrected chi connectivity index (χ4v) is 6.06. The Bertz CT molecular complexity index is 863. The minimum absolute atomic E-state index is 0.0770. The van der Waals surface area contributed by atoms with Crippen LogP contribution in [-0.4, -0.2) is 31.7 Å². The van der Waals surface area contributed by atoms with Crippen LogP contribution in [0.2, 0.25) is 0 Å². The van der Waals surface area contributed by atoms with E-state index >= 15 is 0 Å². The Morgan fingerprint density at radius 3 is 2.73 bits per heavy atom. The van der Waals surface area contributed by atoms with E-state index in [-0.39, 0.29) is 24.4 Å². The summed E-state index contributed by atoms with van der Waals surface area (Å²) in [5.74, 6) is -0.392. The predicted octanol–water partition coefficient (Wildman–Crippen LogP) is 3.33.